The van der Waals surface area contributed by atoms with Crippen LogP contribution in [0.3, 0.4) is 0 Å². The maximum Gasteiger partial charge on any atom is 0.336 e. The average Bonchev–Trinajstić information content (AvgIpc) is 3.34. The van der Waals surface area contributed by atoms with Crippen molar-refractivity contribution in [1.82, 2.24) is 13.7 Å². The highest BCUT2D eigenvalue weighted by Crippen LogP contribution is 2.14. The molecule has 396 valence electrons. The fourth-order valence-electron chi connectivity index (χ4n) is 8.33. The number of allylic oxidation sites excluding steroid dienone is 3. The summed E-state index contributed by atoms with van der Waals surface area (Å²) < 4.78 is 18.6. The molecule has 12 nitrogen and oxygen atoms in total. The highest BCUT2D eigenvalue weighted by molar-refractivity contribution is 5.71. The van der Waals surface area contributed by atoms with Gasteiger partial charge in [0, 0.05) is 0 Å². The molecule has 0 aromatic carbocycles. The van der Waals surface area contributed by atoms with Gasteiger partial charge in [-0.2, -0.15) is 0 Å². The lowest BCUT2D eigenvalue weighted by Crippen LogP contribution is -2.55. The largest absolute Gasteiger partial charge is 0.464 e. The third-order valence-corrected chi connectivity index (χ3v) is 12.6. The van der Waals surface area contributed by atoms with Crippen molar-refractivity contribution in [3.63, 3.8) is 0 Å². The summed E-state index contributed by atoms with van der Waals surface area (Å²) in [6.45, 7) is 5.04. The van der Waals surface area contributed by atoms with E-state index >= 15 is 0 Å². The maximum atomic E-state index is 13.5. The summed E-state index contributed by atoms with van der Waals surface area (Å²) in [7, 11) is 0. The Bertz CT molecular complexity index is 1480. The molecule has 0 fully saturated rings. The molecule has 69 heavy (non-hydrogen) atoms. The molecule has 0 saturated carbocycles. The SMILES string of the molecule is CCCCCCCCCCCC/C=C/CC(=O)OCCn1c(=O)n(CCOC(=O)C/C=C/CCCCCCCCCCCC)c(=O)n(CCOC(=O)C/C=C/CCCCCCCCCCCC)c1=O. The Morgan fingerprint density at radius 1 is 0.319 bits per heavy atom. The van der Waals surface area contributed by atoms with E-state index in [1.165, 1.54) is 154 Å². The quantitative estimate of drug-likeness (QED) is 0.0270. The number of carbonyl (C=O) groups is 3. The van der Waals surface area contributed by atoms with Crippen molar-refractivity contribution in [3.05, 3.63) is 67.9 Å². The standard InChI is InChI=1S/C57H99N3O9/c1-4-7-10-13-16-19-22-25-28-31-34-37-40-43-52(61)67-49-46-58-55(64)59(47-50-68-53(62)44-41-38-35-32-29-26-23-20-17-14-11-8-5-2)57(66)60(56(58)65)48-51-69-54(63)45-42-39-36-33-30-27-24-21-18-15-12-9-6-3/h37-42H,4-36,43-51H2,1-3H3/b40-37+,41-38+,42-39+. The molecule has 0 bridgehead atoms. The van der Waals surface area contributed by atoms with Gasteiger partial charge >= 0.3 is 35.0 Å². The Labute approximate surface area is 418 Å². The number of unbranched alkanes of at least 4 members (excludes halogenated alkanes) is 30. The number of hydrogen-bond donors (Lipinski definition) is 0. The second-order valence-electron chi connectivity index (χ2n) is 18.9. The summed E-state index contributed by atoms with van der Waals surface area (Å²) >= 11 is 0. The molecular formula is C57H99N3O9. The molecule has 0 atom stereocenters. The Morgan fingerprint density at radius 3 is 0.739 bits per heavy atom. The summed E-state index contributed by atoms with van der Waals surface area (Å²) in [5, 5.41) is 0. The average molecular weight is 970 g/mol. The predicted molar refractivity (Wildman–Crippen MR) is 283 cm³/mol. The van der Waals surface area contributed by atoms with Gasteiger partial charge in [-0.05, 0) is 38.5 Å². The molecule has 0 aliphatic rings. The lowest BCUT2D eigenvalue weighted by atomic mass is 10.1. The van der Waals surface area contributed by atoms with Crippen LogP contribution in [0.15, 0.2) is 50.8 Å². The van der Waals surface area contributed by atoms with Crippen LogP contribution in [0.4, 0.5) is 0 Å². The zero-order valence-corrected chi connectivity index (χ0v) is 44.2. The van der Waals surface area contributed by atoms with E-state index in [2.05, 4.69) is 20.8 Å². The summed E-state index contributed by atoms with van der Waals surface area (Å²) in [6, 6.07) is 0. The summed E-state index contributed by atoms with van der Waals surface area (Å²) in [6.07, 6.45) is 52.0. The van der Waals surface area contributed by atoms with Crippen LogP contribution in [0.25, 0.3) is 0 Å². The molecule has 12 heteroatoms. The van der Waals surface area contributed by atoms with Gasteiger partial charge in [0.1, 0.15) is 19.8 Å². The molecule has 0 radical (unpaired) electrons. The molecule has 1 rings (SSSR count). The summed E-state index contributed by atoms with van der Waals surface area (Å²) in [5.74, 6) is -1.49. The molecule has 1 aromatic rings. The highest BCUT2D eigenvalue weighted by Gasteiger charge is 2.17. The van der Waals surface area contributed by atoms with Crippen LogP contribution in [0.2, 0.25) is 0 Å². The van der Waals surface area contributed by atoms with Gasteiger partial charge in [0.2, 0.25) is 0 Å². The second kappa shape index (κ2) is 46.4. The number of esters is 3. The number of carbonyl (C=O) groups excluding carboxylic acids is 3. The van der Waals surface area contributed by atoms with Crippen LogP contribution in [0.1, 0.15) is 252 Å². The monoisotopic (exact) mass is 970 g/mol. The van der Waals surface area contributed by atoms with E-state index in [-0.39, 0.29) is 58.7 Å². The minimum Gasteiger partial charge on any atom is -0.464 e. The van der Waals surface area contributed by atoms with E-state index in [0.29, 0.717) is 0 Å². The Balaban J connectivity index is 2.69. The first-order valence-corrected chi connectivity index (χ1v) is 28.1. The van der Waals surface area contributed by atoms with Gasteiger partial charge in [-0.15, -0.1) is 0 Å². The van der Waals surface area contributed by atoms with Crippen molar-refractivity contribution in [2.45, 2.75) is 272 Å². The van der Waals surface area contributed by atoms with Crippen LogP contribution in [-0.2, 0) is 48.2 Å². The topological polar surface area (TPSA) is 145 Å². The molecule has 0 N–H and O–H groups in total. The number of nitrogens with zero attached hydrogens (tertiary/aromatic N) is 3. The summed E-state index contributed by atoms with van der Waals surface area (Å²) in [4.78, 5) is 78.1. The first-order chi connectivity index (χ1) is 33.8. The molecule has 0 aliphatic carbocycles. The van der Waals surface area contributed by atoms with Crippen molar-refractivity contribution in [3.8, 4) is 0 Å². The Kier molecular flexibility index (Phi) is 42.4. The first-order valence-electron chi connectivity index (χ1n) is 28.1. The van der Waals surface area contributed by atoms with E-state index in [1.54, 1.807) is 18.2 Å². The van der Waals surface area contributed by atoms with Crippen LogP contribution in [0, 0.1) is 0 Å². The van der Waals surface area contributed by atoms with Crippen LogP contribution >= 0.6 is 0 Å². The van der Waals surface area contributed by atoms with E-state index in [0.717, 1.165) is 71.5 Å². The zero-order chi connectivity index (χ0) is 50.3. The first kappa shape index (κ1) is 63.1. The Morgan fingerprint density at radius 2 is 0.522 bits per heavy atom. The van der Waals surface area contributed by atoms with Crippen molar-refractivity contribution < 1.29 is 28.6 Å². The van der Waals surface area contributed by atoms with Crippen molar-refractivity contribution in [2.75, 3.05) is 19.8 Å². The van der Waals surface area contributed by atoms with Gasteiger partial charge in [0.15, 0.2) is 0 Å². The lowest BCUT2D eigenvalue weighted by Gasteiger charge is -2.14. The van der Waals surface area contributed by atoms with Crippen molar-refractivity contribution in [2.24, 2.45) is 0 Å². The van der Waals surface area contributed by atoms with Crippen LogP contribution in [-0.4, -0.2) is 51.4 Å². The maximum absolute atomic E-state index is 13.5. The smallest absolute Gasteiger partial charge is 0.336 e. The molecule has 0 amide bonds. The third kappa shape index (κ3) is 35.7. The summed E-state index contributed by atoms with van der Waals surface area (Å²) in [5.41, 5.74) is -2.73. The minimum atomic E-state index is -0.911. The molecule has 0 spiro atoms. The molecular weight excluding hydrogens is 871 g/mol. The Hall–Kier alpha value is -3.96. The van der Waals surface area contributed by atoms with Gasteiger partial charge in [0.05, 0.1) is 38.9 Å². The van der Waals surface area contributed by atoms with Crippen molar-refractivity contribution >= 4 is 17.9 Å². The number of aromatic nitrogens is 3. The minimum absolute atomic E-state index is 0.0656. The van der Waals surface area contributed by atoms with Gasteiger partial charge in [-0.1, -0.05) is 231 Å². The number of ether oxygens (including phenoxy) is 3. The predicted octanol–water partition coefficient (Wildman–Crippen LogP) is 13.6. The molecule has 0 saturated heterocycles. The molecule has 1 aromatic heterocycles. The van der Waals surface area contributed by atoms with Gasteiger partial charge in [0.25, 0.3) is 0 Å². The number of hydrogen-bond acceptors (Lipinski definition) is 9. The van der Waals surface area contributed by atoms with Gasteiger partial charge in [-0.25, -0.2) is 28.1 Å². The van der Waals surface area contributed by atoms with Gasteiger partial charge < -0.3 is 14.2 Å². The molecule has 1 heterocycles. The normalized spacial score (nSPS) is 11.7. The zero-order valence-electron chi connectivity index (χ0n) is 44.2. The van der Waals surface area contributed by atoms with E-state index in [1.807, 2.05) is 18.2 Å². The lowest BCUT2D eigenvalue weighted by molar-refractivity contribution is -0.143. The highest BCUT2D eigenvalue weighted by atomic mass is 16.5. The van der Waals surface area contributed by atoms with E-state index in [9.17, 15) is 28.8 Å². The van der Waals surface area contributed by atoms with Gasteiger partial charge in [-0.3, -0.25) is 14.4 Å². The fourth-order valence-corrected chi connectivity index (χ4v) is 8.33. The third-order valence-electron chi connectivity index (χ3n) is 12.6. The number of rotatable bonds is 48. The van der Waals surface area contributed by atoms with Crippen LogP contribution < -0.4 is 17.1 Å². The van der Waals surface area contributed by atoms with E-state index in [4.69, 9.17) is 14.2 Å². The van der Waals surface area contributed by atoms with Crippen LogP contribution in [0.5, 0.6) is 0 Å². The molecule has 0 unspecified atom stereocenters. The fraction of sp³-hybridized carbons (Fsp3) is 0.789. The second-order valence-corrected chi connectivity index (χ2v) is 18.9. The van der Waals surface area contributed by atoms with E-state index < -0.39 is 35.0 Å². The van der Waals surface area contributed by atoms with Crippen molar-refractivity contribution in [1.29, 1.82) is 0 Å². The molecule has 0 aliphatic heterocycles.